The van der Waals surface area contributed by atoms with Gasteiger partial charge < -0.3 is 9.84 Å². The number of rotatable bonds is 3. The van der Waals surface area contributed by atoms with Crippen LogP contribution in [0.5, 0.6) is 0 Å². The smallest absolute Gasteiger partial charge is 0.258 e. The maximum Gasteiger partial charge on any atom is 0.258 e. The number of hydrogen-bond donors (Lipinski definition) is 1. The summed E-state index contributed by atoms with van der Waals surface area (Å²) < 4.78 is 5.28. The van der Waals surface area contributed by atoms with Crippen molar-refractivity contribution in [2.45, 2.75) is 31.7 Å². The molecule has 1 atom stereocenters. The first kappa shape index (κ1) is 11.3. The van der Waals surface area contributed by atoms with Gasteiger partial charge in [0.15, 0.2) is 5.82 Å². The molecular weight excluding hydrogens is 228 g/mol. The first-order valence-corrected chi connectivity index (χ1v) is 6.38. The van der Waals surface area contributed by atoms with Crippen LogP contribution >= 0.6 is 0 Å². The molecule has 2 aromatic rings. The highest BCUT2D eigenvalue weighted by Crippen LogP contribution is 2.17. The molecule has 1 saturated heterocycles. The Labute approximate surface area is 106 Å². The number of nitrogens with one attached hydrogen (secondary N) is 1. The molecule has 5 heteroatoms. The van der Waals surface area contributed by atoms with Gasteiger partial charge >= 0.3 is 0 Å². The van der Waals surface area contributed by atoms with E-state index >= 15 is 0 Å². The summed E-state index contributed by atoms with van der Waals surface area (Å²) >= 11 is 0. The van der Waals surface area contributed by atoms with Gasteiger partial charge in [-0.1, -0.05) is 11.6 Å². The Morgan fingerprint density at radius 2 is 2.17 bits per heavy atom. The molecule has 1 unspecified atom stereocenters. The summed E-state index contributed by atoms with van der Waals surface area (Å²) in [5.41, 5.74) is 0.917. The first-order chi connectivity index (χ1) is 8.92. The number of hydrogen-bond acceptors (Lipinski definition) is 5. The van der Waals surface area contributed by atoms with E-state index in [1.807, 2.05) is 12.1 Å². The van der Waals surface area contributed by atoms with E-state index in [9.17, 15) is 0 Å². The molecule has 0 radical (unpaired) electrons. The van der Waals surface area contributed by atoms with Gasteiger partial charge in [0.25, 0.3) is 5.89 Å². The molecule has 0 bridgehead atoms. The Balaban J connectivity index is 1.69. The predicted molar refractivity (Wildman–Crippen MR) is 66.9 cm³/mol. The van der Waals surface area contributed by atoms with Gasteiger partial charge in [0.1, 0.15) is 0 Å². The Bertz CT molecular complexity index is 491. The lowest BCUT2D eigenvalue weighted by Crippen LogP contribution is -2.35. The summed E-state index contributed by atoms with van der Waals surface area (Å²) in [4.78, 5) is 8.40. The van der Waals surface area contributed by atoms with E-state index in [0.717, 1.165) is 24.4 Å². The highest BCUT2D eigenvalue weighted by molar-refractivity contribution is 5.50. The molecule has 0 amide bonds. The molecule has 0 spiro atoms. The topological polar surface area (TPSA) is 63.8 Å². The minimum Gasteiger partial charge on any atom is -0.334 e. The fourth-order valence-corrected chi connectivity index (χ4v) is 2.27. The summed E-state index contributed by atoms with van der Waals surface area (Å²) in [5, 5.41) is 7.53. The van der Waals surface area contributed by atoms with Gasteiger partial charge in [0.05, 0.1) is 0 Å². The van der Waals surface area contributed by atoms with E-state index < -0.39 is 0 Å². The van der Waals surface area contributed by atoms with Gasteiger partial charge in [-0.2, -0.15) is 4.98 Å². The lowest BCUT2D eigenvalue weighted by Gasteiger charge is -2.21. The van der Waals surface area contributed by atoms with Crippen LogP contribution in [0.15, 0.2) is 29.0 Å². The van der Waals surface area contributed by atoms with Crippen molar-refractivity contribution < 1.29 is 4.52 Å². The largest absolute Gasteiger partial charge is 0.334 e. The highest BCUT2D eigenvalue weighted by Gasteiger charge is 2.16. The lowest BCUT2D eigenvalue weighted by atomic mass is 10.0. The Morgan fingerprint density at radius 3 is 2.94 bits per heavy atom. The van der Waals surface area contributed by atoms with E-state index in [1.54, 1.807) is 12.4 Å². The maximum atomic E-state index is 5.28. The van der Waals surface area contributed by atoms with E-state index in [2.05, 4.69) is 20.4 Å². The Hall–Kier alpha value is -1.75. The molecule has 1 aliphatic heterocycles. The van der Waals surface area contributed by atoms with Crippen molar-refractivity contribution in [1.29, 1.82) is 0 Å². The van der Waals surface area contributed by atoms with Crippen molar-refractivity contribution in [2.75, 3.05) is 6.54 Å². The molecule has 18 heavy (non-hydrogen) atoms. The second-order valence-electron chi connectivity index (χ2n) is 4.60. The van der Waals surface area contributed by atoms with Crippen LogP contribution in [0.25, 0.3) is 11.5 Å². The van der Waals surface area contributed by atoms with Crippen molar-refractivity contribution in [2.24, 2.45) is 0 Å². The van der Waals surface area contributed by atoms with Gasteiger partial charge in [-0.25, -0.2) is 0 Å². The van der Waals surface area contributed by atoms with Crippen molar-refractivity contribution in [3.8, 4) is 11.5 Å². The minimum atomic E-state index is 0.488. The normalized spacial score (nSPS) is 19.9. The van der Waals surface area contributed by atoms with Crippen LogP contribution in [-0.4, -0.2) is 27.7 Å². The van der Waals surface area contributed by atoms with Crippen LogP contribution in [0.3, 0.4) is 0 Å². The molecule has 0 saturated carbocycles. The summed E-state index contributed by atoms with van der Waals surface area (Å²) in [6.07, 6.45) is 8.04. The predicted octanol–water partition coefficient (Wildman–Crippen LogP) is 1.82. The van der Waals surface area contributed by atoms with Gasteiger partial charge in [-0.3, -0.25) is 4.98 Å². The highest BCUT2D eigenvalue weighted by atomic mass is 16.5. The number of nitrogens with zero attached hydrogens (tertiary/aromatic N) is 3. The second-order valence-corrected chi connectivity index (χ2v) is 4.60. The number of pyridine rings is 1. The standard InChI is InChI=1S/C13H16N4O/c1-2-6-15-11(3-1)9-12-16-13(18-17-12)10-4-7-14-8-5-10/h4-5,7-8,11,15H,1-3,6,9H2. The molecule has 2 aromatic heterocycles. The van der Waals surface area contributed by atoms with Gasteiger partial charge in [0, 0.05) is 30.4 Å². The second kappa shape index (κ2) is 5.27. The average Bonchev–Trinajstić information content (AvgIpc) is 2.89. The molecule has 0 aliphatic carbocycles. The third-order valence-electron chi connectivity index (χ3n) is 3.24. The lowest BCUT2D eigenvalue weighted by molar-refractivity contribution is 0.379. The summed E-state index contributed by atoms with van der Waals surface area (Å²) in [6.45, 7) is 1.10. The molecule has 94 valence electrons. The molecule has 1 N–H and O–H groups in total. The van der Waals surface area contributed by atoms with Crippen LogP contribution in [-0.2, 0) is 6.42 Å². The quantitative estimate of drug-likeness (QED) is 0.892. The van der Waals surface area contributed by atoms with E-state index in [4.69, 9.17) is 4.52 Å². The van der Waals surface area contributed by atoms with E-state index in [1.165, 1.54) is 19.3 Å². The van der Waals surface area contributed by atoms with Crippen molar-refractivity contribution in [1.82, 2.24) is 20.4 Å². The zero-order chi connectivity index (χ0) is 12.2. The maximum absolute atomic E-state index is 5.28. The average molecular weight is 244 g/mol. The van der Waals surface area contributed by atoms with Crippen molar-refractivity contribution in [3.63, 3.8) is 0 Å². The van der Waals surface area contributed by atoms with Gasteiger partial charge in [0.2, 0.25) is 0 Å². The van der Waals surface area contributed by atoms with Crippen molar-refractivity contribution >= 4 is 0 Å². The minimum absolute atomic E-state index is 0.488. The monoisotopic (exact) mass is 244 g/mol. The molecular formula is C13H16N4O. The van der Waals surface area contributed by atoms with Crippen LogP contribution in [0.2, 0.25) is 0 Å². The van der Waals surface area contributed by atoms with E-state index in [-0.39, 0.29) is 0 Å². The zero-order valence-corrected chi connectivity index (χ0v) is 10.2. The van der Waals surface area contributed by atoms with Crippen LogP contribution < -0.4 is 5.32 Å². The van der Waals surface area contributed by atoms with Gasteiger partial charge in [-0.05, 0) is 31.5 Å². The summed E-state index contributed by atoms with van der Waals surface area (Å²) in [5.74, 6) is 1.35. The number of aromatic nitrogens is 3. The van der Waals surface area contributed by atoms with Crippen LogP contribution in [0, 0.1) is 0 Å². The zero-order valence-electron chi connectivity index (χ0n) is 10.2. The third-order valence-corrected chi connectivity index (χ3v) is 3.24. The molecule has 5 nitrogen and oxygen atoms in total. The molecule has 1 aliphatic rings. The van der Waals surface area contributed by atoms with Crippen LogP contribution in [0.1, 0.15) is 25.1 Å². The fraction of sp³-hybridized carbons (Fsp3) is 0.462. The van der Waals surface area contributed by atoms with Gasteiger partial charge in [-0.15, -0.1) is 0 Å². The fourth-order valence-electron chi connectivity index (χ4n) is 2.27. The molecule has 3 rings (SSSR count). The Kier molecular flexibility index (Phi) is 3.32. The third kappa shape index (κ3) is 2.56. The molecule has 3 heterocycles. The van der Waals surface area contributed by atoms with E-state index in [0.29, 0.717) is 11.9 Å². The number of piperidine rings is 1. The SMILES string of the molecule is c1cc(-c2nc(CC3CCCCN3)no2)ccn1. The van der Waals surface area contributed by atoms with Crippen LogP contribution in [0.4, 0.5) is 0 Å². The van der Waals surface area contributed by atoms with Crippen molar-refractivity contribution in [3.05, 3.63) is 30.4 Å². The first-order valence-electron chi connectivity index (χ1n) is 6.38. The summed E-state index contributed by atoms with van der Waals surface area (Å²) in [6, 6.07) is 4.23. The molecule has 1 fully saturated rings. The summed E-state index contributed by atoms with van der Waals surface area (Å²) in [7, 11) is 0. The molecule has 0 aromatic carbocycles. The Morgan fingerprint density at radius 1 is 1.28 bits per heavy atom.